The lowest BCUT2D eigenvalue weighted by Crippen LogP contribution is -2.04. The molecule has 0 radical (unpaired) electrons. The molecule has 0 aliphatic heterocycles. The van der Waals surface area contributed by atoms with Gasteiger partial charge in [-0.3, -0.25) is 0 Å². The van der Waals surface area contributed by atoms with E-state index in [0.29, 0.717) is 11.6 Å². The predicted molar refractivity (Wildman–Crippen MR) is 67.5 cm³/mol. The van der Waals surface area contributed by atoms with Crippen LogP contribution in [0.1, 0.15) is 17.9 Å². The van der Waals surface area contributed by atoms with Crippen LogP contribution in [0.25, 0.3) is 0 Å². The number of ether oxygens (including phenoxy) is 1. The van der Waals surface area contributed by atoms with Gasteiger partial charge in [-0.2, -0.15) is 0 Å². The topological polar surface area (TPSA) is 61.0 Å². The fourth-order valence-corrected chi connectivity index (χ4v) is 2.08. The van der Waals surface area contributed by atoms with Gasteiger partial charge in [-0.1, -0.05) is 0 Å². The number of anilines is 1. The van der Waals surface area contributed by atoms with Crippen molar-refractivity contribution >= 4 is 33.3 Å². The van der Waals surface area contributed by atoms with Crippen LogP contribution in [0.5, 0.6) is 5.75 Å². The molecule has 2 aromatic rings. The highest BCUT2D eigenvalue weighted by atomic mass is 79.9. The van der Waals surface area contributed by atoms with Crippen LogP contribution in [0.2, 0.25) is 0 Å². The van der Waals surface area contributed by atoms with Crippen molar-refractivity contribution in [3.8, 4) is 5.75 Å². The van der Waals surface area contributed by atoms with Gasteiger partial charge < -0.3 is 10.5 Å². The molecule has 2 aromatic heterocycles. The third-order valence-electron chi connectivity index (χ3n) is 2.01. The minimum atomic E-state index is -0.0779. The van der Waals surface area contributed by atoms with Crippen LogP contribution in [0, 0.1) is 0 Å². The van der Waals surface area contributed by atoms with Gasteiger partial charge in [-0.05, 0) is 46.5 Å². The zero-order valence-corrected chi connectivity index (χ0v) is 11.0. The van der Waals surface area contributed by atoms with Crippen LogP contribution in [0.4, 0.5) is 5.82 Å². The van der Waals surface area contributed by atoms with E-state index in [-0.39, 0.29) is 6.10 Å². The van der Waals surface area contributed by atoms with Crippen molar-refractivity contribution in [3.63, 3.8) is 0 Å². The fraction of sp³-hybridized carbons (Fsp3) is 0.200. The Morgan fingerprint density at radius 3 is 3.06 bits per heavy atom. The first-order valence-corrected chi connectivity index (χ1v) is 6.21. The summed E-state index contributed by atoms with van der Waals surface area (Å²) in [6, 6.07) is 3.73. The largest absolute Gasteiger partial charge is 0.481 e. The Kier molecular flexibility index (Phi) is 3.40. The quantitative estimate of drug-likeness (QED) is 0.946. The lowest BCUT2D eigenvalue weighted by atomic mass is 10.3. The molecule has 0 fully saturated rings. The monoisotopic (exact) mass is 299 g/mol. The summed E-state index contributed by atoms with van der Waals surface area (Å²) in [7, 11) is 0. The molecule has 2 N–H and O–H groups in total. The van der Waals surface area contributed by atoms with Crippen LogP contribution in [-0.2, 0) is 0 Å². The number of hydrogen-bond donors (Lipinski definition) is 1. The lowest BCUT2D eigenvalue weighted by molar-refractivity contribution is 0.231. The van der Waals surface area contributed by atoms with Crippen molar-refractivity contribution in [2.75, 3.05) is 5.73 Å². The van der Waals surface area contributed by atoms with Crippen molar-refractivity contribution in [2.45, 2.75) is 13.0 Å². The Morgan fingerprint density at radius 2 is 2.38 bits per heavy atom. The smallest absolute Gasteiger partial charge is 0.166 e. The number of nitrogens with two attached hydrogens (primary N) is 1. The van der Waals surface area contributed by atoms with Crippen molar-refractivity contribution < 1.29 is 4.74 Å². The van der Waals surface area contributed by atoms with Crippen molar-refractivity contribution in [3.05, 3.63) is 33.9 Å². The molecular formula is C10H10BrN3OS. The summed E-state index contributed by atoms with van der Waals surface area (Å²) >= 11 is 4.74. The van der Waals surface area contributed by atoms with Gasteiger partial charge in [0.05, 0.1) is 4.88 Å². The van der Waals surface area contributed by atoms with Gasteiger partial charge in [0, 0.05) is 16.9 Å². The van der Waals surface area contributed by atoms with Crippen LogP contribution < -0.4 is 10.5 Å². The highest BCUT2D eigenvalue weighted by Gasteiger charge is 2.11. The van der Waals surface area contributed by atoms with E-state index < -0.39 is 0 Å². The van der Waals surface area contributed by atoms with Gasteiger partial charge in [0.15, 0.2) is 11.6 Å². The van der Waals surface area contributed by atoms with E-state index in [1.807, 2.05) is 13.0 Å². The van der Waals surface area contributed by atoms with Gasteiger partial charge in [0.2, 0.25) is 0 Å². The summed E-state index contributed by atoms with van der Waals surface area (Å²) in [5.41, 5.74) is 5.72. The van der Waals surface area contributed by atoms with Crippen molar-refractivity contribution in [1.82, 2.24) is 9.36 Å². The summed E-state index contributed by atoms with van der Waals surface area (Å²) < 4.78 is 10.6. The summed E-state index contributed by atoms with van der Waals surface area (Å²) in [4.78, 5) is 5.06. The highest BCUT2D eigenvalue weighted by molar-refractivity contribution is 9.10. The molecule has 0 aromatic carbocycles. The molecule has 2 heterocycles. The van der Waals surface area contributed by atoms with Crippen LogP contribution in [-0.4, -0.2) is 9.36 Å². The predicted octanol–water partition coefficient (Wildman–Crippen LogP) is 3.02. The Labute approximate surface area is 106 Å². The molecule has 0 aliphatic rings. The van der Waals surface area contributed by atoms with Gasteiger partial charge in [0.25, 0.3) is 0 Å². The van der Waals surface area contributed by atoms with Gasteiger partial charge in [-0.15, -0.1) is 0 Å². The summed E-state index contributed by atoms with van der Waals surface area (Å²) in [5, 5.41) is 0. The molecule has 1 atom stereocenters. The van der Waals surface area contributed by atoms with Crippen LogP contribution in [0.15, 0.2) is 29.0 Å². The average molecular weight is 300 g/mol. The van der Waals surface area contributed by atoms with E-state index in [0.717, 1.165) is 9.35 Å². The summed E-state index contributed by atoms with van der Waals surface area (Å²) in [5.74, 6) is 0.967. The molecule has 6 heteroatoms. The third kappa shape index (κ3) is 2.51. The van der Waals surface area contributed by atoms with E-state index in [1.54, 1.807) is 18.5 Å². The Bertz CT molecular complexity index is 475. The van der Waals surface area contributed by atoms with Crippen molar-refractivity contribution in [1.29, 1.82) is 0 Å². The summed E-state index contributed by atoms with van der Waals surface area (Å²) in [6.07, 6.45) is 3.31. The molecule has 2 rings (SSSR count). The summed E-state index contributed by atoms with van der Waals surface area (Å²) in [6.45, 7) is 1.95. The van der Waals surface area contributed by atoms with E-state index in [9.17, 15) is 0 Å². The van der Waals surface area contributed by atoms with Crippen LogP contribution >= 0.6 is 27.5 Å². The molecule has 0 amide bonds. The standard InChI is InChI=1S/C10H10BrN3OS/c1-6(9-2-3-14-16-9)15-8-4-7(11)5-13-10(8)12/h2-6H,1H3,(H2,12,13)/t6-/m1/s1. The molecule has 0 aliphatic carbocycles. The molecule has 0 saturated carbocycles. The number of rotatable bonds is 3. The molecule has 4 nitrogen and oxygen atoms in total. The van der Waals surface area contributed by atoms with Gasteiger partial charge >= 0.3 is 0 Å². The molecule has 16 heavy (non-hydrogen) atoms. The van der Waals surface area contributed by atoms with Crippen molar-refractivity contribution in [2.24, 2.45) is 0 Å². The van der Waals surface area contributed by atoms with Gasteiger partial charge in [-0.25, -0.2) is 9.36 Å². The molecule has 0 spiro atoms. The van der Waals surface area contributed by atoms with Crippen LogP contribution in [0.3, 0.4) is 0 Å². The zero-order valence-electron chi connectivity index (χ0n) is 8.55. The SMILES string of the molecule is C[C@@H](Oc1cc(Br)cnc1N)c1ccns1. The second kappa shape index (κ2) is 4.80. The van der Waals surface area contributed by atoms with E-state index in [1.165, 1.54) is 11.5 Å². The maximum atomic E-state index is 5.72. The molecular weight excluding hydrogens is 290 g/mol. The first-order valence-electron chi connectivity index (χ1n) is 4.65. The van der Waals surface area contributed by atoms with E-state index in [4.69, 9.17) is 10.5 Å². The Balaban J connectivity index is 2.17. The minimum absolute atomic E-state index is 0.0779. The molecule has 0 unspecified atom stereocenters. The Morgan fingerprint density at radius 1 is 1.56 bits per heavy atom. The number of halogens is 1. The number of pyridine rings is 1. The second-order valence-electron chi connectivity index (χ2n) is 3.21. The molecule has 0 saturated heterocycles. The third-order valence-corrected chi connectivity index (χ3v) is 3.35. The number of aromatic nitrogens is 2. The van der Waals surface area contributed by atoms with Gasteiger partial charge in [0.1, 0.15) is 6.10 Å². The minimum Gasteiger partial charge on any atom is -0.481 e. The highest BCUT2D eigenvalue weighted by Crippen LogP contribution is 2.29. The maximum Gasteiger partial charge on any atom is 0.166 e. The first kappa shape index (κ1) is 11.3. The number of nitrogens with zero attached hydrogens (tertiary/aromatic N) is 2. The lowest BCUT2D eigenvalue weighted by Gasteiger charge is -2.13. The fourth-order valence-electron chi connectivity index (χ4n) is 1.21. The molecule has 0 bridgehead atoms. The second-order valence-corrected chi connectivity index (χ2v) is 4.99. The number of hydrogen-bond acceptors (Lipinski definition) is 5. The van der Waals surface area contributed by atoms with E-state index in [2.05, 4.69) is 25.3 Å². The normalized spacial score (nSPS) is 12.4. The Hall–Kier alpha value is -1.14. The first-order chi connectivity index (χ1) is 7.66. The average Bonchev–Trinajstić information content (AvgIpc) is 2.76. The number of nitrogen functional groups attached to an aromatic ring is 1. The zero-order chi connectivity index (χ0) is 11.5. The maximum absolute atomic E-state index is 5.72. The van der Waals surface area contributed by atoms with E-state index >= 15 is 0 Å². The molecule has 84 valence electrons.